The quantitative estimate of drug-likeness (QED) is 0.687. The third-order valence-corrected chi connectivity index (χ3v) is 3.84. The summed E-state index contributed by atoms with van der Waals surface area (Å²) in [6.07, 6.45) is 2.47. The highest BCUT2D eigenvalue weighted by Gasteiger charge is 2.14. The Morgan fingerprint density at radius 1 is 1.25 bits per heavy atom. The average Bonchev–Trinajstić information content (AvgIpc) is 3.10. The maximum atomic E-state index is 5.10. The summed E-state index contributed by atoms with van der Waals surface area (Å²) < 4.78 is 8.89. The fourth-order valence-corrected chi connectivity index (χ4v) is 2.72. The van der Waals surface area contributed by atoms with Gasteiger partial charge < -0.3 is 14.6 Å². The van der Waals surface area contributed by atoms with Crippen molar-refractivity contribution in [3.8, 4) is 0 Å². The standard InChI is InChI=1S/C15H22N8O/c1-10-13-14(18-11(2)19-15(13)22(3)21-10)16-6-5-12-20-17-9-23(12)7-8-24-4/h9H,5-8H2,1-4H3,(H,16,18,19). The van der Waals surface area contributed by atoms with Gasteiger partial charge in [0.25, 0.3) is 0 Å². The summed E-state index contributed by atoms with van der Waals surface area (Å²) in [5, 5.41) is 16.9. The third-order valence-electron chi connectivity index (χ3n) is 3.84. The van der Waals surface area contributed by atoms with E-state index in [4.69, 9.17) is 4.74 Å². The van der Waals surface area contributed by atoms with Crippen molar-refractivity contribution in [1.29, 1.82) is 0 Å². The van der Waals surface area contributed by atoms with E-state index in [9.17, 15) is 0 Å². The molecule has 0 saturated carbocycles. The number of nitrogens with zero attached hydrogens (tertiary/aromatic N) is 7. The minimum atomic E-state index is 0.638. The van der Waals surface area contributed by atoms with Gasteiger partial charge in [-0.3, -0.25) is 4.68 Å². The normalized spacial score (nSPS) is 11.3. The van der Waals surface area contributed by atoms with Gasteiger partial charge in [-0.05, 0) is 13.8 Å². The number of methoxy groups -OCH3 is 1. The van der Waals surface area contributed by atoms with Crippen molar-refractivity contribution in [2.24, 2.45) is 7.05 Å². The van der Waals surface area contributed by atoms with Gasteiger partial charge in [-0.2, -0.15) is 5.10 Å². The maximum Gasteiger partial charge on any atom is 0.163 e. The second-order valence-electron chi connectivity index (χ2n) is 5.64. The van der Waals surface area contributed by atoms with Crippen LogP contribution in [0, 0.1) is 13.8 Å². The minimum absolute atomic E-state index is 0.638. The lowest BCUT2D eigenvalue weighted by atomic mass is 10.3. The predicted molar refractivity (Wildman–Crippen MR) is 89.9 cm³/mol. The number of ether oxygens (including phenoxy) is 1. The zero-order chi connectivity index (χ0) is 17.1. The first-order chi connectivity index (χ1) is 11.6. The van der Waals surface area contributed by atoms with E-state index in [2.05, 4.69) is 30.6 Å². The lowest BCUT2D eigenvalue weighted by molar-refractivity contribution is 0.186. The summed E-state index contributed by atoms with van der Waals surface area (Å²) in [5.74, 6) is 2.45. The molecule has 3 aromatic heterocycles. The Morgan fingerprint density at radius 3 is 2.88 bits per heavy atom. The van der Waals surface area contributed by atoms with Crippen LogP contribution in [0.3, 0.4) is 0 Å². The summed E-state index contributed by atoms with van der Waals surface area (Å²) in [6.45, 7) is 5.93. The van der Waals surface area contributed by atoms with Crippen LogP contribution in [0.4, 0.5) is 5.82 Å². The summed E-state index contributed by atoms with van der Waals surface area (Å²) in [5.41, 5.74) is 1.75. The topological polar surface area (TPSA) is 95.6 Å². The van der Waals surface area contributed by atoms with Gasteiger partial charge in [-0.1, -0.05) is 0 Å². The number of hydrogen-bond acceptors (Lipinski definition) is 7. The fraction of sp³-hybridized carbons (Fsp3) is 0.533. The Hall–Kier alpha value is -2.55. The van der Waals surface area contributed by atoms with Crippen LogP contribution in [-0.2, 0) is 24.8 Å². The molecule has 0 unspecified atom stereocenters. The summed E-state index contributed by atoms with van der Waals surface area (Å²) in [6, 6.07) is 0. The van der Waals surface area contributed by atoms with Crippen molar-refractivity contribution < 1.29 is 4.74 Å². The number of fused-ring (bicyclic) bond motifs is 1. The number of anilines is 1. The van der Waals surface area contributed by atoms with Crippen molar-refractivity contribution in [2.45, 2.75) is 26.8 Å². The Kier molecular flexibility index (Phi) is 4.70. The number of rotatable bonds is 7. The first-order valence-electron chi connectivity index (χ1n) is 7.87. The van der Waals surface area contributed by atoms with Gasteiger partial charge >= 0.3 is 0 Å². The van der Waals surface area contributed by atoms with E-state index in [-0.39, 0.29) is 0 Å². The molecule has 0 aromatic carbocycles. The first kappa shape index (κ1) is 16.3. The van der Waals surface area contributed by atoms with Crippen LogP contribution in [0.2, 0.25) is 0 Å². The van der Waals surface area contributed by atoms with E-state index in [0.717, 1.165) is 47.2 Å². The number of aryl methyl sites for hydroxylation is 3. The average molecular weight is 330 g/mol. The van der Waals surface area contributed by atoms with Crippen LogP contribution in [0.25, 0.3) is 11.0 Å². The van der Waals surface area contributed by atoms with Crippen molar-refractivity contribution >= 4 is 16.9 Å². The van der Waals surface area contributed by atoms with Crippen LogP contribution >= 0.6 is 0 Å². The minimum Gasteiger partial charge on any atom is -0.383 e. The molecule has 3 heterocycles. The zero-order valence-corrected chi connectivity index (χ0v) is 14.4. The molecule has 0 aliphatic heterocycles. The molecule has 0 aliphatic rings. The number of aromatic nitrogens is 7. The molecule has 0 saturated heterocycles. The highest BCUT2D eigenvalue weighted by molar-refractivity contribution is 5.89. The number of nitrogens with one attached hydrogen (secondary N) is 1. The van der Waals surface area contributed by atoms with E-state index in [1.165, 1.54) is 0 Å². The van der Waals surface area contributed by atoms with Crippen LogP contribution in [-0.4, -0.2) is 54.8 Å². The fourth-order valence-electron chi connectivity index (χ4n) is 2.72. The van der Waals surface area contributed by atoms with E-state index in [1.54, 1.807) is 18.1 Å². The molecule has 1 N–H and O–H groups in total. The monoisotopic (exact) mass is 330 g/mol. The third kappa shape index (κ3) is 3.21. The molecule has 0 atom stereocenters. The van der Waals surface area contributed by atoms with Crippen molar-refractivity contribution in [1.82, 2.24) is 34.5 Å². The van der Waals surface area contributed by atoms with E-state index in [0.29, 0.717) is 13.2 Å². The van der Waals surface area contributed by atoms with Crippen LogP contribution < -0.4 is 5.32 Å². The maximum absolute atomic E-state index is 5.10. The second kappa shape index (κ2) is 6.91. The van der Waals surface area contributed by atoms with Crippen LogP contribution in [0.1, 0.15) is 17.3 Å². The van der Waals surface area contributed by atoms with Crippen molar-refractivity contribution in [3.63, 3.8) is 0 Å². The van der Waals surface area contributed by atoms with Crippen molar-refractivity contribution in [2.75, 3.05) is 25.6 Å². The predicted octanol–water partition coefficient (Wildman–Crippen LogP) is 0.873. The SMILES string of the molecule is COCCn1cnnc1CCNc1nc(C)nc2c1c(C)nn2C. The molecule has 0 amide bonds. The van der Waals surface area contributed by atoms with Gasteiger partial charge in [-0.25, -0.2) is 9.97 Å². The molecular weight excluding hydrogens is 308 g/mol. The molecule has 9 heteroatoms. The number of hydrogen-bond donors (Lipinski definition) is 1. The molecular formula is C15H22N8O. The first-order valence-corrected chi connectivity index (χ1v) is 7.87. The van der Waals surface area contributed by atoms with Gasteiger partial charge in [0, 0.05) is 33.7 Å². The molecule has 0 radical (unpaired) electrons. The molecule has 0 bridgehead atoms. The zero-order valence-electron chi connectivity index (χ0n) is 14.4. The Morgan fingerprint density at radius 2 is 2.08 bits per heavy atom. The van der Waals surface area contributed by atoms with E-state index < -0.39 is 0 Å². The van der Waals surface area contributed by atoms with Gasteiger partial charge in [0.15, 0.2) is 5.65 Å². The molecule has 3 aromatic rings. The van der Waals surface area contributed by atoms with Crippen LogP contribution in [0.15, 0.2) is 6.33 Å². The Bertz CT molecular complexity index is 837. The lowest BCUT2D eigenvalue weighted by Crippen LogP contribution is -2.13. The largest absolute Gasteiger partial charge is 0.383 e. The molecule has 128 valence electrons. The molecule has 24 heavy (non-hydrogen) atoms. The molecule has 0 spiro atoms. The van der Waals surface area contributed by atoms with E-state index >= 15 is 0 Å². The lowest BCUT2D eigenvalue weighted by Gasteiger charge is -2.09. The molecule has 0 fully saturated rings. The van der Waals surface area contributed by atoms with Gasteiger partial charge in [-0.15, -0.1) is 10.2 Å². The second-order valence-corrected chi connectivity index (χ2v) is 5.64. The van der Waals surface area contributed by atoms with Crippen molar-refractivity contribution in [3.05, 3.63) is 23.7 Å². The highest BCUT2D eigenvalue weighted by Crippen LogP contribution is 2.23. The Labute approximate surface area is 140 Å². The highest BCUT2D eigenvalue weighted by atomic mass is 16.5. The van der Waals surface area contributed by atoms with E-state index in [1.807, 2.05) is 25.5 Å². The molecule has 9 nitrogen and oxygen atoms in total. The molecule has 3 rings (SSSR count). The van der Waals surface area contributed by atoms with Gasteiger partial charge in [0.05, 0.1) is 17.7 Å². The smallest absolute Gasteiger partial charge is 0.163 e. The Balaban J connectivity index is 1.74. The van der Waals surface area contributed by atoms with Gasteiger partial charge in [0.2, 0.25) is 0 Å². The molecule has 0 aliphatic carbocycles. The summed E-state index contributed by atoms with van der Waals surface area (Å²) in [7, 11) is 3.58. The van der Waals surface area contributed by atoms with Gasteiger partial charge in [0.1, 0.15) is 23.8 Å². The summed E-state index contributed by atoms with van der Waals surface area (Å²) >= 11 is 0. The summed E-state index contributed by atoms with van der Waals surface area (Å²) in [4.78, 5) is 9.00. The van der Waals surface area contributed by atoms with Crippen LogP contribution in [0.5, 0.6) is 0 Å².